The minimum atomic E-state index is -0.428. The van der Waals surface area contributed by atoms with Crippen molar-refractivity contribution in [1.82, 2.24) is 19.2 Å². The molecule has 0 radical (unpaired) electrons. The lowest BCUT2D eigenvalue weighted by Gasteiger charge is -2.10. The summed E-state index contributed by atoms with van der Waals surface area (Å²) >= 11 is 0. The van der Waals surface area contributed by atoms with Gasteiger partial charge in [0.15, 0.2) is 28.8 Å². The first kappa shape index (κ1) is 18.3. The van der Waals surface area contributed by atoms with Crippen molar-refractivity contribution in [2.45, 2.75) is 6.54 Å². The lowest BCUT2D eigenvalue weighted by molar-refractivity contribution is 0.0971. The maximum absolute atomic E-state index is 13.4. The highest BCUT2D eigenvalue weighted by molar-refractivity contribution is 5.98. The lowest BCUT2D eigenvalue weighted by atomic mass is 10.1. The molecule has 0 N–H and O–H groups in total. The molecule has 0 saturated carbocycles. The van der Waals surface area contributed by atoms with Crippen molar-refractivity contribution in [2.24, 2.45) is 0 Å². The third kappa shape index (κ3) is 2.84. The van der Waals surface area contributed by atoms with Gasteiger partial charge >= 0.3 is 5.69 Å². The number of ether oxygens (including phenoxy) is 2. The Morgan fingerprint density at radius 2 is 1.72 bits per heavy atom. The van der Waals surface area contributed by atoms with Gasteiger partial charge in [-0.3, -0.25) is 9.36 Å². The van der Waals surface area contributed by atoms with Gasteiger partial charge in [0, 0.05) is 16.5 Å². The molecule has 1 aliphatic heterocycles. The molecule has 3 heterocycles. The zero-order valence-corrected chi connectivity index (χ0v) is 16.8. The maximum atomic E-state index is 13.4. The number of para-hydroxylation sites is 1. The normalized spacial score (nSPS) is 12.5. The summed E-state index contributed by atoms with van der Waals surface area (Å²) in [6.45, 7) is -0.0146. The van der Waals surface area contributed by atoms with Crippen molar-refractivity contribution in [3.63, 3.8) is 0 Å². The highest BCUT2D eigenvalue weighted by Gasteiger charge is 2.20. The first-order valence-corrected chi connectivity index (χ1v) is 10.1. The van der Waals surface area contributed by atoms with Gasteiger partial charge in [0.05, 0.1) is 12.1 Å². The molecule has 5 aromatic rings. The number of carbonyl (C=O) groups excluding carboxylic acids is 1. The van der Waals surface area contributed by atoms with Gasteiger partial charge < -0.3 is 9.47 Å². The fourth-order valence-electron chi connectivity index (χ4n) is 3.90. The third-order valence-corrected chi connectivity index (χ3v) is 5.48. The summed E-state index contributed by atoms with van der Waals surface area (Å²) in [5.74, 6) is 1.35. The number of hydrogen-bond donors (Lipinski definition) is 0. The van der Waals surface area contributed by atoms with Crippen LogP contribution in [0.25, 0.3) is 27.9 Å². The van der Waals surface area contributed by atoms with Crippen LogP contribution in [-0.2, 0) is 6.54 Å². The topological polar surface area (TPSA) is 87.7 Å². The van der Waals surface area contributed by atoms with Crippen LogP contribution in [-0.4, -0.2) is 31.7 Å². The second kappa shape index (κ2) is 7.05. The summed E-state index contributed by atoms with van der Waals surface area (Å²) < 4.78 is 13.4. The largest absolute Gasteiger partial charge is 0.454 e. The smallest absolute Gasteiger partial charge is 0.351 e. The Labute approximate surface area is 181 Å². The first-order chi connectivity index (χ1) is 15.7. The molecule has 0 atom stereocenters. The van der Waals surface area contributed by atoms with E-state index in [1.807, 2.05) is 48.5 Å². The van der Waals surface area contributed by atoms with Gasteiger partial charge in [-0.05, 0) is 30.3 Å². The maximum Gasteiger partial charge on any atom is 0.351 e. The number of ketones is 1. The number of rotatable bonds is 4. The van der Waals surface area contributed by atoms with E-state index in [2.05, 4.69) is 10.1 Å². The number of nitrogens with zero attached hydrogens (tertiary/aromatic N) is 4. The summed E-state index contributed by atoms with van der Waals surface area (Å²) in [5.41, 5.74) is 1.89. The molecule has 0 bridgehead atoms. The minimum Gasteiger partial charge on any atom is -0.454 e. The average Bonchev–Trinajstić information content (AvgIpc) is 3.49. The Morgan fingerprint density at radius 3 is 2.59 bits per heavy atom. The highest BCUT2D eigenvalue weighted by atomic mass is 16.7. The molecule has 2 aromatic heterocycles. The molecule has 32 heavy (non-hydrogen) atoms. The molecule has 0 spiro atoms. The fraction of sp³-hybridized carbons (Fsp3) is 0.0833. The van der Waals surface area contributed by atoms with Crippen molar-refractivity contribution < 1.29 is 14.3 Å². The second-order valence-corrected chi connectivity index (χ2v) is 7.41. The van der Waals surface area contributed by atoms with Crippen molar-refractivity contribution in [1.29, 1.82) is 0 Å². The zero-order valence-electron chi connectivity index (χ0n) is 16.8. The van der Waals surface area contributed by atoms with Crippen molar-refractivity contribution in [3.05, 3.63) is 88.8 Å². The van der Waals surface area contributed by atoms with Crippen LogP contribution < -0.4 is 15.2 Å². The van der Waals surface area contributed by atoms with Gasteiger partial charge in [-0.25, -0.2) is 9.78 Å². The quantitative estimate of drug-likeness (QED) is 0.411. The summed E-state index contributed by atoms with van der Waals surface area (Å²) in [4.78, 5) is 31.1. The van der Waals surface area contributed by atoms with E-state index in [0.29, 0.717) is 34.1 Å². The SMILES string of the molecule is O=C(Cn1c(=O)n2nc(-c3ccccc3)nc2c2ccccc21)c1ccc2c(c1)OCO2. The van der Waals surface area contributed by atoms with E-state index in [1.54, 1.807) is 24.3 Å². The van der Waals surface area contributed by atoms with Crippen LogP contribution in [0.15, 0.2) is 77.6 Å². The van der Waals surface area contributed by atoms with E-state index in [4.69, 9.17) is 9.47 Å². The molecular formula is C24H16N4O4. The number of aromatic nitrogens is 4. The molecule has 6 rings (SSSR count). The number of Topliss-reactive ketones (excluding diaryl/α,β-unsaturated/α-hetero) is 1. The molecule has 156 valence electrons. The Kier molecular flexibility index (Phi) is 4.04. The van der Waals surface area contributed by atoms with E-state index in [0.717, 1.165) is 10.9 Å². The van der Waals surface area contributed by atoms with Crippen LogP contribution in [0.2, 0.25) is 0 Å². The first-order valence-electron chi connectivity index (χ1n) is 10.1. The number of fused-ring (bicyclic) bond motifs is 4. The standard InChI is InChI=1S/C24H16N4O4/c29-19(16-10-11-20-21(12-16)32-14-31-20)13-27-18-9-5-4-8-17(18)23-25-22(26-28(23)24(27)30)15-6-2-1-3-7-15/h1-12H,13-14H2. The molecule has 0 aliphatic carbocycles. The molecule has 0 saturated heterocycles. The van der Waals surface area contributed by atoms with Gasteiger partial charge in [0.2, 0.25) is 6.79 Å². The second-order valence-electron chi connectivity index (χ2n) is 7.41. The summed E-state index contributed by atoms with van der Waals surface area (Å²) in [6.07, 6.45) is 0. The number of carbonyl (C=O) groups is 1. The van der Waals surface area contributed by atoms with E-state index in [1.165, 1.54) is 9.08 Å². The molecule has 8 heteroatoms. The van der Waals surface area contributed by atoms with E-state index in [9.17, 15) is 9.59 Å². The summed E-state index contributed by atoms with van der Waals surface area (Å²) in [6, 6.07) is 21.8. The molecule has 0 unspecified atom stereocenters. The van der Waals surface area contributed by atoms with Gasteiger partial charge in [0.25, 0.3) is 0 Å². The van der Waals surface area contributed by atoms with Crippen LogP contribution in [0.1, 0.15) is 10.4 Å². The average molecular weight is 424 g/mol. The highest BCUT2D eigenvalue weighted by Crippen LogP contribution is 2.32. The zero-order chi connectivity index (χ0) is 21.7. The van der Waals surface area contributed by atoms with E-state index < -0.39 is 5.69 Å². The predicted octanol–water partition coefficient (Wildman–Crippen LogP) is 3.32. The van der Waals surface area contributed by atoms with Crippen LogP contribution in [0.3, 0.4) is 0 Å². The van der Waals surface area contributed by atoms with Gasteiger partial charge in [-0.1, -0.05) is 42.5 Å². The van der Waals surface area contributed by atoms with E-state index in [-0.39, 0.29) is 19.1 Å². The Morgan fingerprint density at radius 1 is 0.938 bits per heavy atom. The van der Waals surface area contributed by atoms with E-state index >= 15 is 0 Å². The molecule has 3 aromatic carbocycles. The predicted molar refractivity (Wildman–Crippen MR) is 117 cm³/mol. The number of benzene rings is 3. The van der Waals surface area contributed by atoms with Crippen molar-refractivity contribution in [3.8, 4) is 22.9 Å². The third-order valence-electron chi connectivity index (χ3n) is 5.48. The Hall–Kier alpha value is -4.46. The lowest BCUT2D eigenvalue weighted by Crippen LogP contribution is -2.30. The molecular weight excluding hydrogens is 408 g/mol. The van der Waals surface area contributed by atoms with Gasteiger partial charge in [-0.15, -0.1) is 5.10 Å². The van der Waals surface area contributed by atoms with Crippen LogP contribution in [0.5, 0.6) is 11.5 Å². The molecule has 8 nitrogen and oxygen atoms in total. The molecule has 1 aliphatic rings. The Balaban J connectivity index is 1.49. The number of hydrogen-bond acceptors (Lipinski definition) is 6. The van der Waals surface area contributed by atoms with Crippen LogP contribution in [0, 0.1) is 0 Å². The summed E-state index contributed by atoms with van der Waals surface area (Å²) in [5, 5.41) is 5.18. The van der Waals surface area contributed by atoms with Crippen molar-refractivity contribution >= 4 is 22.3 Å². The van der Waals surface area contributed by atoms with Gasteiger partial charge in [-0.2, -0.15) is 4.52 Å². The van der Waals surface area contributed by atoms with Crippen LogP contribution in [0.4, 0.5) is 0 Å². The van der Waals surface area contributed by atoms with Gasteiger partial charge in [0.1, 0.15) is 0 Å². The Bertz CT molecular complexity index is 1570. The van der Waals surface area contributed by atoms with Crippen LogP contribution >= 0.6 is 0 Å². The van der Waals surface area contributed by atoms with Crippen molar-refractivity contribution in [2.75, 3.05) is 6.79 Å². The monoisotopic (exact) mass is 424 g/mol. The fourth-order valence-corrected chi connectivity index (χ4v) is 3.90. The molecule has 0 fully saturated rings. The molecule has 0 amide bonds. The minimum absolute atomic E-state index is 0.129. The summed E-state index contributed by atoms with van der Waals surface area (Å²) in [7, 11) is 0.